The fraction of sp³-hybridized carbons (Fsp3) is 1.00. The zero-order chi connectivity index (χ0) is 8.91. The molecule has 11 heavy (non-hydrogen) atoms. The minimum Gasteiger partial charge on any atom is -0.0867 e. The van der Waals surface area contributed by atoms with Crippen LogP contribution >= 0.6 is 21.6 Å². The van der Waals surface area contributed by atoms with E-state index in [9.17, 15) is 0 Å². The van der Waals surface area contributed by atoms with E-state index in [1.807, 2.05) is 21.6 Å². The highest BCUT2D eigenvalue weighted by atomic mass is 33.1. The van der Waals surface area contributed by atoms with Gasteiger partial charge < -0.3 is 0 Å². The fourth-order valence-electron chi connectivity index (χ4n) is 1.14. The van der Waals surface area contributed by atoms with E-state index in [1.165, 1.54) is 0 Å². The second-order valence-electron chi connectivity index (χ2n) is 4.81. The van der Waals surface area contributed by atoms with Gasteiger partial charge in [-0.15, -0.1) is 0 Å². The van der Waals surface area contributed by atoms with Crippen LogP contribution in [0.2, 0.25) is 0 Å². The van der Waals surface area contributed by atoms with Crippen molar-refractivity contribution in [2.45, 2.75) is 51.0 Å². The van der Waals surface area contributed by atoms with E-state index >= 15 is 0 Å². The Hall–Kier alpha value is 0.700. The van der Waals surface area contributed by atoms with Gasteiger partial charge >= 0.3 is 0 Å². The normalized spacial score (nSPS) is 32.2. The lowest BCUT2D eigenvalue weighted by molar-refractivity contribution is 0.228. The number of hydrogen-bond donors (Lipinski definition) is 0. The van der Waals surface area contributed by atoms with Crippen LogP contribution in [0.5, 0.6) is 0 Å². The van der Waals surface area contributed by atoms with Crippen molar-refractivity contribution in [1.29, 1.82) is 0 Å². The molecule has 0 nitrogen and oxygen atoms in total. The molecule has 0 atom stereocenters. The first-order valence-corrected chi connectivity index (χ1v) is 6.22. The molecule has 0 aliphatic carbocycles. The van der Waals surface area contributed by atoms with Gasteiger partial charge in [0.1, 0.15) is 0 Å². The molecule has 1 heterocycles. The minimum atomic E-state index is 0.404. The molecular weight excluding hydrogens is 172 g/mol. The van der Waals surface area contributed by atoms with Crippen molar-refractivity contribution >= 4 is 21.6 Å². The van der Waals surface area contributed by atoms with Crippen LogP contribution < -0.4 is 0 Å². The standard InChI is InChI=1S/C9H18S2/c1-7(2)8(3,4)10-11-9(7,5)6/h1-6H3. The van der Waals surface area contributed by atoms with Gasteiger partial charge in [0.2, 0.25) is 0 Å². The zero-order valence-corrected chi connectivity index (χ0v) is 9.95. The monoisotopic (exact) mass is 190 g/mol. The summed E-state index contributed by atoms with van der Waals surface area (Å²) in [7, 11) is 4.06. The third-order valence-corrected chi connectivity index (χ3v) is 8.16. The Morgan fingerprint density at radius 2 is 0.909 bits per heavy atom. The smallest absolute Gasteiger partial charge is 0.0271 e. The minimum absolute atomic E-state index is 0.404. The number of hydrogen-bond acceptors (Lipinski definition) is 2. The summed E-state index contributed by atoms with van der Waals surface area (Å²) in [6.07, 6.45) is 0. The lowest BCUT2D eigenvalue weighted by Crippen LogP contribution is -2.43. The SMILES string of the molecule is CC1(C)SSC(C)(C)C1(C)C. The molecule has 1 rings (SSSR count). The maximum atomic E-state index is 2.38. The third kappa shape index (κ3) is 1.23. The molecule has 0 aromatic heterocycles. The Morgan fingerprint density at radius 3 is 1.00 bits per heavy atom. The Balaban J connectivity index is 3.00. The van der Waals surface area contributed by atoms with E-state index in [0.717, 1.165) is 0 Å². The summed E-state index contributed by atoms with van der Waals surface area (Å²) in [4.78, 5) is 0. The van der Waals surface area contributed by atoms with Gasteiger partial charge in [-0.1, -0.05) is 35.4 Å². The molecule has 0 aromatic carbocycles. The fourth-order valence-corrected chi connectivity index (χ4v) is 5.05. The molecule has 0 radical (unpaired) electrons. The first-order valence-electron chi connectivity index (χ1n) is 4.07. The van der Waals surface area contributed by atoms with Crippen LogP contribution in [-0.2, 0) is 0 Å². The molecule has 0 aromatic rings. The van der Waals surface area contributed by atoms with Crippen LogP contribution in [0.4, 0.5) is 0 Å². The van der Waals surface area contributed by atoms with Crippen LogP contribution in [0.3, 0.4) is 0 Å². The maximum absolute atomic E-state index is 2.38. The molecule has 0 spiro atoms. The Labute approximate surface area is 78.3 Å². The summed E-state index contributed by atoms with van der Waals surface area (Å²) in [6, 6.07) is 0. The van der Waals surface area contributed by atoms with Gasteiger partial charge in [-0.3, -0.25) is 0 Å². The molecule has 0 amide bonds. The molecule has 0 saturated carbocycles. The zero-order valence-electron chi connectivity index (χ0n) is 8.32. The van der Waals surface area contributed by atoms with E-state index in [0.29, 0.717) is 14.9 Å². The quantitative estimate of drug-likeness (QED) is 0.530. The molecule has 0 bridgehead atoms. The summed E-state index contributed by atoms with van der Waals surface area (Å²) < 4.78 is 0.808. The summed E-state index contributed by atoms with van der Waals surface area (Å²) in [6.45, 7) is 14.1. The molecule has 1 aliphatic rings. The summed E-state index contributed by atoms with van der Waals surface area (Å²) in [5.74, 6) is 0. The molecule has 66 valence electrons. The van der Waals surface area contributed by atoms with E-state index in [4.69, 9.17) is 0 Å². The summed E-state index contributed by atoms with van der Waals surface area (Å²) in [5.41, 5.74) is 0.412. The van der Waals surface area contributed by atoms with Crippen molar-refractivity contribution in [3.05, 3.63) is 0 Å². The van der Waals surface area contributed by atoms with Crippen molar-refractivity contribution < 1.29 is 0 Å². The molecule has 1 aliphatic heterocycles. The van der Waals surface area contributed by atoms with Gasteiger partial charge in [-0.25, -0.2) is 0 Å². The van der Waals surface area contributed by atoms with Crippen molar-refractivity contribution in [3.8, 4) is 0 Å². The van der Waals surface area contributed by atoms with Crippen LogP contribution in [0.1, 0.15) is 41.5 Å². The van der Waals surface area contributed by atoms with Crippen LogP contribution in [0.15, 0.2) is 0 Å². The lowest BCUT2D eigenvalue weighted by atomic mass is 9.71. The van der Waals surface area contributed by atoms with Gasteiger partial charge in [0, 0.05) is 9.49 Å². The Bertz CT molecular complexity index is 150. The summed E-state index contributed by atoms with van der Waals surface area (Å²) >= 11 is 0. The molecule has 1 fully saturated rings. The van der Waals surface area contributed by atoms with Crippen molar-refractivity contribution in [2.75, 3.05) is 0 Å². The maximum Gasteiger partial charge on any atom is 0.0271 e. The highest BCUT2D eigenvalue weighted by Gasteiger charge is 2.55. The van der Waals surface area contributed by atoms with Gasteiger partial charge in [-0.05, 0) is 33.1 Å². The second-order valence-corrected chi connectivity index (χ2v) is 8.19. The van der Waals surface area contributed by atoms with Gasteiger partial charge in [-0.2, -0.15) is 0 Å². The highest BCUT2D eigenvalue weighted by Crippen LogP contribution is 2.66. The first kappa shape index (κ1) is 9.79. The van der Waals surface area contributed by atoms with Crippen molar-refractivity contribution in [2.24, 2.45) is 5.41 Å². The average molecular weight is 190 g/mol. The van der Waals surface area contributed by atoms with Gasteiger partial charge in [0.25, 0.3) is 0 Å². The van der Waals surface area contributed by atoms with E-state index in [-0.39, 0.29) is 0 Å². The lowest BCUT2D eigenvalue weighted by Gasteiger charge is -2.41. The predicted molar refractivity (Wildman–Crippen MR) is 57.1 cm³/mol. The van der Waals surface area contributed by atoms with Crippen molar-refractivity contribution in [3.63, 3.8) is 0 Å². The van der Waals surface area contributed by atoms with Crippen LogP contribution in [-0.4, -0.2) is 9.49 Å². The van der Waals surface area contributed by atoms with E-state index in [2.05, 4.69) is 41.5 Å². The predicted octanol–water partition coefficient (Wildman–Crippen LogP) is 3.96. The van der Waals surface area contributed by atoms with Gasteiger partial charge in [0.05, 0.1) is 0 Å². The average Bonchev–Trinajstić information content (AvgIpc) is 1.93. The summed E-state index contributed by atoms with van der Waals surface area (Å²) in [5, 5.41) is 0. The number of rotatable bonds is 0. The van der Waals surface area contributed by atoms with Crippen LogP contribution in [0.25, 0.3) is 0 Å². The van der Waals surface area contributed by atoms with Gasteiger partial charge in [0.15, 0.2) is 0 Å². The Kier molecular flexibility index (Phi) is 2.09. The molecule has 1 saturated heterocycles. The molecular formula is C9H18S2. The molecule has 0 N–H and O–H groups in total. The first-order chi connectivity index (χ1) is 4.71. The topological polar surface area (TPSA) is 0 Å². The molecule has 2 heteroatoms. The highest BCUT2D eigenvalue weighted by molar-refractivity contribution is 8.78. The Morgan fingerprint density at radius 1 is 0.636 bits per heavy atom. The van der Waals surface area contributed by atoms with Crippen molar-refractivity contribution in [1.82, 2.24) is 0 Å². The largest absolute Gasteiger partial charge is 0.0867 e. The second kappa shape index (κ2) is 2.35. The van der Waals surface area contributed by atoms with Crippen LogP contribution in [0, 0.1) is 5.41 Å². The molecule has 0 unspecified atom stereocenters. The van der Waals surface area contributed by atoms with E-state index < -0.39 is 0 Å². The third-order valence-electron chi connectivity index (χ3n) is 3.47. The van der Waals surface area contributed by atoms with E-state index in [1.54, 1.807) is 0 Å².